The van der Waals surface area contributed by atoms with Crippen molar-refractivity contribution in [1.82, 2.24) is 4.98 Å². The van der Waals surface area contributed by atoms with Gasteiger partial charge in [-0.25, -0.2) is 9.78 Å². The summed E-state index contributed by atoms with van der Waals surface area (Å²) in [6.07, 6.45) is 0. The molecule has 0 aliphatic carbocycles. The van der Waals surface area contributed by atoms with Crippen LogP contribution in [0.15, 0.2) is 24.3 Å². The number of esters is 1. The van der Waals surface area contributed by atoms with E-state index in [1.807, 2.05) is 0 Å². The standard InChI is InChI=1S/C16H15N3O5S/c1-8-11(12(20)23-3)25-15(17-8)19-14(22)16(2)13(21)18-9-6-4-5-7-10(9)24-16/h4-7H,1-3H3,(H,18,21)(H,17,19,22)/t16-/m1/s1. The third kappa shape index (κ3) is 2.93. The van der Waals surface area contributed by atoms with Crippen molar-refractivity contribution in [2.75, 3.05) is 17.7 Å². The van der Waals surface area contributed by atoms with Crippen molar-refractivity contribution in [3.8, 4) is 5.75 Å². The van der Waals surface area contributed by atoms with Gasteiger partial charge >= 0.3 is 5.97 Å². The first-order valence-corrected chi connectivity index (χ1v) is 8.13. The Hall–Kier alpha value is -2.94. The fraction of sp³-hybridized carbons (Fsp3) is 0.250. The van der Waals surface area contributed by atoms with Crippen LogP contribution in [0.3, 0.4) is 0 Å². The topological polar surface area (TPSA) is 107 Å². The van der Waals surface area contributed by atoms with Crippen molar-refractivity contribution in [2.24, 2.45) is 0 Å². The number of carbonyl (C=O) groups excluding carboxylic acids is 3. The number of hydrogen-bond acceptors (Lipinski definition) is 7. The number of hydrogen-bond donors (Lipinski definition) is 2. The monoisotopic (exact) mass is 361 g/mol. The van der Waals surface area contributed by atoms with E-state index in [0.29, 0.717) is 17.1 Å². The lowest BCUT2D eigenvalue weighted by atomic mass is 10.0. The number of ether oxygens (including phenoxy) is 2. The zero-order valence-corrected chi connectivity index (χ0v) is 14.5. The van der Waals surface area contributed by atoms with Crippen LogP contribution in [-0.2, 0) is 14.3 Å². The smallest absolute Gasteiger partial charge is 0.350 e. The Morgan fingerprint density at radius 2 is 2.08 bits per heavy atom. The fourth-order valence-electron chi connectivity index (χ4n) is 2.26. The van der Waals surface area contributed by atoms with E-state index in [-0.39, 0.29) is 10.0 Å². The molecule has 2 N–H and O–H groups in total. The molecule has 1 aromatic heterocycles. The number of benzene rings is 1. The number of thiazole rings is 1. The van der Waals surface area contributed by atoms with Gasteiger partial charge in [0.15, 0.2) is 5.13 Å². The lowest BCUT2D eigenvalue weighted by Crippen LogP contribution is -2.56. The molecule has 9 heteroatoms. The number of nitrogens with zero attached hydrogens (tertiary/aromatic N) is 1. The molecule has 1 aliphatic heterocycles. The van der Waals surface area contributed by atoms with Gasteiger partial charge in [0.25, 0.3) is 17.4 Å². The van der Waals surface area contributed by atoms with Crippen LogP contribution in [0.4, 0.5) is 10.8 Å². The van der Waals surface area contributed by atoms with Gasteiger partial charge in [0, 0.05) is 0 Å². The summed E-state index contributed by atoms with van der Waals surface area (Å²) in [7, 11) is 1.26. The number of methoxy groups -OCH3 is 1. The summed E-state index contributed by atoms with van der Waals surface area (Å²) in [5.41, 5.74) is -0.841. The van der Waals surface area contributed by atoms with Gasteiger partial charge in [-0.3, -0.25) is 14.9 Å². The van der Waals surface area contributed by atoms with Gasteiger partial charge < -0.3 is 14.8 Å². The summed E-state index contributed by atoms with van der Waals surface area (Å²) in [6, 6.07) is 6.82. The number of anilines is 2. The van der Waals surface area contributed by atoms with E-state index in [0.717, 1.165) is 11.3 Å². The van der Waals surface area contributed by atoms with Gasteiger partial charge in [0.05, 0.1) is 18.5 Å². The third-order valence-corrected chi connectivity index (χ3v) is 4.76. The molecular weight excluding hydrogens is 346 g/mol. The van der Waals surface area contributed by atoms with Gasteiger partial charge in [-0.1, -0.05) is 23.5 Å². The molecule has 0 saturated carbocycles. The second-order valence-electron chi connectivity index (χ2n) is 5.46. The van der Waals surface area contributed by atoms with Crippen LogP contribution < -0.4 is 15.4 Å². The van der Waals surface area contributed by atoms with E-state index in [9.17, 15) is 14.4 Å². The molecule has 25 heavy (non-hydrogen) atoms. The van der Waals surface area contributed by atoms with E-state index in [1.165, 1.54) is 14.0 Å². The van der Waals surface area contributed by atoms with Crippen molar-refractivity contribution >= 4 is 39.9 Å². The minimum absolute atomic E-state index is 0.180. The number of amides is 2. The summed E-state index contributed by atoms with van der Waals surface area (Å²) < 4.78 is 10.3. The molecule has 2 amide bonds. The van der Waals surface area contributed by atoms with E-state index in [4.69, 9.17) is 4.74 Å². The van der Waals surface area contributed by atoms with Gasteiger partial charge in [0.2, 0.25) is 0 Å². The number of aryl methyl sites for hydroxylation is 1. The molecule has 2 aromatic rings. The van der Waals surface area contributed by atoms with E-state index >= 15 is 0 Å². The molecule has 2 heterocycles. The zero-order valence-electron chi connectivity index (χ0n) is 13.7. The largest absolute Gasteiger partial charge is 0.466 e. The Morgan fingerprint density at radius 1 is 1.36 bits per heavy atom. The number of carbonyl (C=O) groups is 3. The molecule has 130 valence electrons. The van der Waals surface area contributed by atoms with Crippen molar-refractivity contribution < 1.29 is 23.9 Å². The molecule has 8 nitrogen and oxygen atoms in total. The van der Waals surface area contributed by atoms with Gasteiger partial charge in [-0.2, -0.15) is 0 Å². The second kappa shape index (κ2) is 6.17. The molecular formula is C16H15N3O5S. The molecule has 0 radical (unpaired) electrons. The van der Waals surface area contributed by atoms with Crippen LogP contribution in [0.25, 0.3) is 0 Å². The van der Waals surface area contributed by atoms with E-state index in [2.05, 4.69) is 20.4 Å². The molecule has 0 unspecified atom stereocenters. The molecule has 1 atom stereocenters. The molecule has 1 aliphatic rings. The van der Waals surface area contributed by atoms with Crippen molar-refractivity contribution in [2.45, 2.75) is 19.4 Å². The third-order valence-electron chi connectivity index (χ3n) is 3.70. The number of fused-ring (bicyclic) bond motifs is 1. The average Bonchev–Trinajstić information content (AvgIpc) is 2.95. The van der Waals surface area contributed by atoms with Gasteiger partial charge in [-0.15, -0.1) is 0 Å². The van der Waals surface area contributed by atoms with Crippen LogP contribution in [0, 0.1) is 6.92 Å². The maximum atomic E-state index is 12.6. The van der Waals surface area contributed by atoms with Crippen molar-refractivity contribution in [3.05, 3.63) is 34.8 Å². The molecule has 1 aromatic carbocycles. The zero-order chi connectivity index (χ0) is 18.2. The van der Waals surface area contributed by atoms with Crippen LogP contribution in [-0.4, -0.2) is 35.5 Å². The minimum atomic E-state index is -1.76. The normalized spacial score (nSPS) is 18.6. The highest BCUT2D eigenvalue weighted by Gasteiger charge is 2.47. The first kappa shape index (κ1) is 16.9. The first-order valence-electron chi connectivity index (χ1n) is 7.32. The first-order chi connectivity index (χ1) is 11.8. The Morgan fingerprint density at radius 3 is 2.80 bits per heavy atom. The van der Waals surface area contributed by atoms with Crippen LogP contribution >= 0.6 is 11.3 Å². The molecule has 0 fully saturated rings. The van der Waals surface area contributed by atoms with Crippen molar-refractivity contribution in [3.63, 3.8) is 0 Å². The summed E-state index contributed by atoms with van der Waals surface area (Å²) in [4.78, 5) is 41.0. The predicted molar refractivity (Wildman–Crippen MR) is 90.9 cm³/mol. The Kier molecular flexibility index (Phi) is 4.17. The predicted octanol–water partition coefficient (Wildman–Crippen LogP) is 1.97. The maximum Gasteiger partial charge on any atom is 0.350 e. The van der Waals surface area contributed by atoms with Gasteiger partial charge in [0.1, 0.15) is 10.6 Å². The second-order valence-corrected chi connectivity index (χ2v) is 6.46. The van der Waals surface area contributed by atoms with E-state index < -0.39 is 23.4 Å². The fourth-order valence-corrected chi connectivity index (χ4v) is 3.14. The minimum Gasteiger partial charge on any atom is -0.466 e. The van der Waals surface area contributed by atoms with Crippen LogP contribution in [0.5, 0.6) is 5.75 Å². The van der Waals surface area contributed by atoms with Gasteiger partial charge in [-0.05, 0) is 26.0 Å². The van der Waals surface area contributed by atoms with E-state index in [1.54, 1.807) is 31.2 Å². The van der Waals surface area contributed by atoms with Crippen LogP contribution in [0.2, 0.25) is 0 Å². The molecule has 3 rings (SSSR count). The van der Waals surface area contributed by atoms with Crippen molar-refractivity contribution in [1.29, 1.82) is 0 Å². The molecule has 0 bridgehead atoms. The number of rotatable bonds is 3. The summed E-state index contributed by atoms with van der Waals surface area (Å²) >= 11 is 0.965. The highest BCUT2D eigenvalue weighted by Crippen LogP contribution is 2.34. The Balaban J connectivity index is 1.84. The Labute approximate surface area is 147 Å². The number of para-hydroxylation sites is 2. The number of aromatic nitrogens is 1. The summed E-state index contributed by atoms with van der Waals surface area (Å²) in [5, 5.41) is 5.35. The lowest BCUT2D eigenvalue weighted by molar-refractivity contribution is -0.143. The SMILES string of the molecule is COC(=O)c1sc(NC(=O)[C@]2(C)Oc3ccccc3NC2=O)nc1C. The number of nitrogens with one attached hydrogen (secondary N) is 2. The van der Waals surface area contributed by atoms with Crippen LogP contribution in [0.1, 0.15) is 22.3 Å². The Bertz CT molecular complexity index is 878. The summed E-state index contributed by atoms with van der Waals surface area (Å²) in [6.45, 7) is 3.00. The quantitative estimate of drug-likeness (QED) is 0.639. The highest BCUT2D eigenvalue weighted by atomic mass is 32.1. The lowest BCUT2D eigenvalue weighted by Gasteiger charge is -2.32. The summed E-state index contributed by atoms with van der Waals surface area (Å²) in [5.74, 6) is -1.43. The maximum absolute atomic E-state index is 12.6. The average molecular weight is 361 g/mol. The highest BCUT2D eigenvalue weighted by molar-refractivity contribution is 7.17. The molecule has 0 spiro atoms. The molecule has 0 saturated heterocycles.